The van der Waals surface area contributed by atoms with Crippen LogP contribution in [0.25, 0.3) is 21.9 Å². The first-order chi connectivity index (χ1) is 18.7. The normalized spacial score (nSPS) is 13.5. The molecule has 22 heteroatoms. The summed E-state index contributed by atoms with van der Waals surface area (Å²) in [5.74, 6) is -0.612. The molecule has 0 unspecified atom stereocenters. The van der Waals surface area contributed by atoms with Crippen LogP contribution in [0.5, 0.6) is 0 Å². The molecule has 0 aliphatic heterocycles. The van der Waals surface area contributed by atoms with E-state index in [0.717, 1.165) is 12.1 Å². The van der Waals surface area contributed by atoms with E-state index in [1.54, 1.807) is 34.3 Å². The molecular weight excluding hydrogens is 596 g/mol. The monoisotopic (exact) mass is 614 g/mol. The maximum atomic E-state index is 13.6. The third-order valence-corrected chi connectivity index (χ3v) is 4.30. The van der Waals surface area contributed by atoms with E-state index in [0.29, 0.717) is 9.69 Å². The number of hydrogen-bond acceptors (Lipinski definition) is 9. The Balaban J connectivity index is 0.000000587. The molecule has 0 bridgehead atoms. The Hall–Kier alpha value is -4.81. The number of amidine groups is 2. The van der Waals surface area contributed by atoms with Crippen molar-refractivity contribution in [1.29, 1.82) is 0 Å². The second-order valence-electron chi connectivity index (χ2n) is 8.18. The minimum atomic E-state index is -10.7. The number of rotatable bonds is 2. The molecule has 0 radical (unpaired) electrons. The molecule has 0 atom stereocenters. The van der Waals surface area contributed by atoms with E-state index in [4.69, 9.17) is 9.68 Å². The first kappa shape index (κ1) is 30.7. The second-order valence-corrected chi connectivity index (χ2v) is 10.1. The molecule has 1 aromatic carbocycles. The van der Waals surface area contributed by atoms with Gasteiger partial charge in [-0.15, -0.1) is 10.2 Å². The van der Waals surface area contributed by atoms with Crippen molar-refractivity contribution < 1.29 is 43.8 Å². The molecule has 0 aliphatic carbocycles. The summed E-state index contributed by atoms with van der Waals surface area (Å²) in [6.45, 7) is 0. The molecule has 0 aliphatic rings. The molecule has 41 heavy (non-hydrogen) atoms. The van der Waals surface area contributed by atoms with Crippen LogP contribution in [-0.2, 0) is 0 Å². The van der Waals surface area contributed by atoms with E-state index in [9.17, 15) is 39.2 Å². The molecule has 3 aromatic heterocycles. The average molecular weight is 614 g/mol. The summed E-state index contributed by atoms with van der Waals surface area (Å²) in [7, 11) is -4.30. The van der Waals surface area contributed by atoms with Gasteiger partial charge < -0.3 is 4.90 Å². The quantitative estimate of drug-likeness (QED) is 0.108. The molecule has 14 nitrogen and oxygen atoms in total. The van der Waals surface area contributed by atoms with Crippen molar-refractivity contribution in [3.05, 3.63) is 63.1 Å². The van der Waals surface area contributed by atoms with Crippen molar-refractivity contribution in [3.8, 4) is 0 Å². The van der Waals surface area contributed by atoms with Crippen LogP contribution >= 0.6 is 7.81 Å². The van der Waals surface area contributed by atoms with Crippen molar-refractivity contribution in [2.45, 2.75) is 0 Å². The number of aromatic nitrogens is 7. The molecule has 4 aromatic rings. The van der Waals surface area contributed by atoms with Gasteiger partial charge in [-0.1, -0.05) is 0 Å². The molecule has 222 valence electrons. The molecule has 4 rings (SSSR count). The summed E-state index contributed by atoms with van der Waals surface area (Å²) in [6.07, 6.45) is 1.48. The first-order valence-corrected chi connectivity index (χ1v) is 12.7. The summed E-state index contributed by atoms with van der Waals surface area (Å²) < 4.78 is 74.2. The van der Waals surface area contributed by atoms with Crippen LogP contribution < -0.4 is 20.8 Å². The summed E-state index contributed by atoms with van der Waals surface area (Å²) in [5, 5.41) is 15.2. The zero-order valence-electron chi connectivity index (χ0n) is 21.2. The number of halogens is 7. The van der Waals surface area contributed by atoms with Gasteiger partial charge in [-0.2, -0.15) is 0 Å². The minimum absolute atomic E-state index is 0.0345. The van der Waals surface area contributed by atoms with Crippen LogP contribution in [0.15, 0.2) is 51.1 Å². The number of aliphatic imine (C=N–C) groups is 1. The van der Waals surface area contributed by atoms with Crippen LogP contribution in [0.1, 0.15) is 0 Å². The summed E-state index contributed by atoms with van der Waals surface area (Å²) in [6, 6.07) is 6.32. The van der Waals surface area contributed by atoms with Gasteiger partial charge in [0.05, 0.1) is 29.9 Å². The average Bonchev–Trinajstić information content (AvgIpc) is 2.84. The Morgan fingerprint density at radius 2 is 1.51 bits per heavy atom. The fraction of sp³-hybridized carbons (Fsp3) is 0.211. The molecule has 0 saturated heterocycles. The summed E-state index contributed by atoms with van der Waals surface area (Å²) >= 11 is 0. The maximum absolute atomic E-state index is 13.6. The van der Waals surface area contributed by atoms with Gasteiger partial charge in [0, 0.05) is 20.3 Å². The number of nitrogens with zero attached hydrogens (tertiary/aromatic N) is 10. The Bertz CT molecular complexity index is 1790. The van der Waals surface area contributed by atoms with Gasteiger partial charge in [-0.05, 0) is 50.4 Å². The topological polar surface area (TPSA) is 146 Å². The van der Waals surface area contributed by atoms with Crippen LogP contribution in [0, 0.1) is 5.82 Å². The number of benzene rings is 1. The first-order valence-electron chi connectivity index (χ1n) is 10.7. The van der Waals surface area contributed by atoms with E-state index < -0.39 is 24.7 Å². The van der Waals surface area contributed by atoms with Crippen molar-refractivity contribution in [1.82, 2.24) is 40.2 Å². The molecule has 3 heterocycles. The van der Waals surface area contributed by atoms with E-state index in [1.165, 1.54) is 27.8 Å². The predicted molar refractivity (Wildman–Crippen MR) is 130 cm³/mol. The van der Waals surface area contributed by atoms with Gasteiger partial charge in [-0.25, -0.2) is 13.9 Å². The Morgan fingerprint density at radius 1 is 0.927 bits per heavy atom. The second kappa shape index (κ2) is 10.3. The third kappa shape index (κ3) is 9.12. The van der Waals surface area contributed by atoms with Gasteiger partial charge in [0.25, 0.3) is 0 Å². The van der Waals surface area contributed by atoms with Gasteiger partial charge in [-0.3, -0.25) is 19.3 Å². The van der Waals surface area contributed by atoms with Crippen molar-refractivity contribution >= 4 is 41.8 Å². The molecule has 0 fully saturated rings. The van der Waals surface area contributed by atoms with Crippen molar-refractivity contribution in [2.75, 3.05) is 28.2 Å². The zero-order valence-corrected chi connectivity index (χ0v) is 22.1. The standard InChI is InChI=1S/C19H18FN10O4.F6P/c1-27(2)18(33-29-16(31)12-6-5-9-21-15(12)24-26-29)22-19(28(3)4)34-30-17(32)13-10-11(20)7-8-14(13)23-25-30;1-7(2,3,4,5)6/h5-10H,1-4H3;/q+1;-1. The van der Waals surface area contributed by atoms with Crippen LogP contribution in [0.4, 0.5) is 29.6 Å². The molecular formula is C19H18F7N10O4P. The van der Waals surface area contributed by atoms with E-state index in [-0.39, 0.29) is 34.0 Å². The van der Waals surface area contributed by atoms with E-state index >= 15 is 0 Å². The van der Waals surface area contributed by atoms with E-state index in [1.807, 2.05) is 0 Å². The number of pyridine rings is 1. The van der Waals surface area contributed by atoms with Gasteiger partial charge in [0.2, 0.25) is 0 Å². The molecule has 0 saturated carbocycles. The molecule has 0 spiro atoms. The van der Waals surface area contributed by atoms with Gasteiger partial charge in [0.15, 0.2) is 5.65 Å². The number of hydrogen-bond donors (Lipinski definition) is 0. The fourth-order valence-electron chi connectivity index (χ4n) is 2.63. The number of fused-ring (bicyclic) bond motifs is 2. The third-order valence-electron chi connectivity index (χ3n) is 4.30. The van der Waals surface area contributed by atoms with Crippen LogP contribution in [-0.4, -0.2) is 85.0 Å². The van der Waals surface area contributed by atoms with Crippen molar-refractivity contribution in [2.24, 2.45) is 4.99 Å². The summed E-state index contributed by atoms with van der Waals surface area (Å²) in [5.41, 5.74) is -1.01. The van der Waals surface area contributed by atoms with E-state index in [2.05, 4.69) is 30.6 Å². The van der Waals surface area contributed by atoms with Crippen LogP contribution in [0.2, 0.25) is 0 Å². The molecule has 0 N–H and O–H groups in total. The Kier molecular flexibility index (Phi) is 7.72. The Morgan fingerprint density at radius 3 is 2.12 bits per heavy atom. The van der Waals surface area contributed by atoms with Crippen LogP contribution in [0.3, 0.4) is 0 Å². The van der Waals surface area contributed by atoms with Gasteiger partial charge >= 0.3 is 56.2 Å². The van der Waals surface area contributed by atoms with Gasteiger partial charge in [0.1, 0.15) is 11.3 Å². The molecule has 0 amide bonds. The SMILES string of the molecule is CN(C)/C(=N/C(On1nnc2ccc(F)cc2c1=O)=[N+](C)C)On1nnc2ncccc2c1=O.F[P-](F)(F)(F)(F)F. The zero-order chi connectivity index (χ0) is 30.8. The Labute approximate surface area is 222 Å². The summed E-state index contributed by atoms with van der Waals surface area (Å²) in [4.78, 5) is 47.2. The predicted octanol–water partition coefficient (Wildman–Crippen LogP) is 1.92. The fourth-order valence-corrected chi connectivity index (χ4v) is 2.63. The van der Waals surface area contributed by atoms with Crippen molar-refractivity contribution in [3.63, 3.8) is 0 Å².